The van der Waals surface area contributed by atoms with Crippen molar-refractivity contribution >= 4 is 68.7 Å². The van der Waals surface area contributed by atoms with Gasteiger partial charge in [-0.2, -0.15) is 0 Å². The molecule has 10 nitrogen and oxygen atoms in total. The lowest BCUT2D eigenvalue weighted by atomic mass is 9.56. The molecular weight excluding hydrogens is 619 g/mol. The third-order valence-corrected chi connectivity index (χ3v) is 10.3. The van der Waals surface area contributed by atoms with E-state index in [1.54, 1.807) is 12.1 Å². The first kappa shape index (κ1) is 27.9. The summed E-state index contributed by atoms with van der Waals surface area (Å²) in [7, 11) is 2.65. The van der Waals surface area contributed by atoms with Crippen LogP contribution in [0.25, 0.3) is 0 Å². The van der Waals surface area contributed by atoms with Crippen molar-refractivity contribution in [3.63, 3.8) is 0 Å². The predicted molar refractivity (Wildman–Crippen MR) is 141 cm³/mol. The number of fused-ring (bicyclic) bond motifs is 4. The minimum absolute atomic E-state index is 0.0440. The molecule has 5 rings (SSSR count). The molecule has 0 unspecified atom stereocenters. The molecule has 208 valence electrons. The van der Waals surface area contributed by atoms with Crippen LogP contribution >= 0.6 is 39.1 Å². The zero-order valence-corrected chi connectivity index (χ0v) is 24.0. The van der Waals surface area contributed by atoms with Crippen LogP contribution in [0.4, 0.5) is 0 Å². The number of methoxy groups -OCH3 is 1. The van der Waals surface area contributed by atoms with Crippen molar-refractivity contribution in [3.05, 3.63) is 33.8 Å². The van der Waals surface area contributed by atoms with E-state index in [1.807, 2.05) is 0 Å². The standard InChI is InChI=1S/C26H25BrCl2N2O8/c1-30-23(37)25(28)10-15-12(5-6-13-18(15)22(36)31(21(13)35)7-3-4-17(32)33)19(26(25,29)24(30)38)14-8-11(27)9-16(39-2)20(14)34/h5,8-9,13,15,18-19,34H,3-4,6-7,10H2,1-2H3,(H,32,33)/t13-,15+,18-,19+,25+,26-/m0/s1. The molecule has 0 radical (unpaired) electrons. The zero-order valence-electron chi connectivity index (χ0n) is 20.9. The van der Waals surface area contributed by atoms with Crippen molar-refractivity contribution in [2.45, 2.75) is 41.3 Å². The highest BCUT2D eigenvalue weighted by Crippen LogP contribution is 2.66. The van der Waals surface area contributed by atoms with Crippen LogP contribution in [0, 0.1) is 17.8 Å². The van der Waals surface area contributed by atoms with Gasteiger partial charge in [0, 0.05) is 36.0 Å². The minimum Gasteiger partial charge on any atom is -0.504 e. The molecule has 2 aliphatic heterocycles. The summed E-state index contributed by atoms with van der Waals surface area (Å²) >= 11 is 17.6. The predicted octanol–water partition coefficient (Wildman–Crippen LogP) is 3.02. The summed E-state index contributed by atoms with van der Waals surface area (Å²) in [6, 6.07) is 3.09. The third kappa shape index (κ3) is 3.76. The Balaban J connectivity index is 1.66. The summed E-state index contributed by atoms with van der Waals surface area (Å²) in [6.45, 7) is -0.0440. The first-order valence-corrected chi connectivity index (χ1v) is 13.9. The monoisotopic (exact) mass is 642 g/mol. The number of alkyl halides is 2. The summed E-state index contributed by atoms with van der Waals surface area (Å²) in [5.41, 5.74) is 0.713. The molecule has 6 atom stereocenters. The summed E-state index contributed by atoms with van der Waals surface area (Å²) in [5.74, 6) is -7.08. The number of carbonyl (C=O) groups excluding carboxylic acids is 4. The number of allylic oxidation sites excluding steroid dienone is 2. The highest BCUT2D eigenvalue weighted by molar-refractivity contribution is 9.10. The lowest BCUT2D eigenvalue weighted by Crippen LogP contribution is -2.60. The van der Waals surface area contributed by atoms with Gasteiger partial charge in [-0.1, -0.05) is 27.6 Å². The van der Waals surface area contributed by atoms with Gasteiger partial charge >= 0.3 is 5.97 Å². The van der Waals surface area contributed by atoms with E-state index in [0.717, 1.165) is 9.80 Å². The maximum absolute atomic E-state index is 13.6. The lowest BCUT2D eigenvalue weighted by Gasteiger charge is -2.50. The molecule has 0 aromatic heterocycles. The molecular formula is C26H25BrCl2N2O8. The van der Waals surface area contributed by atoms with Gasteiger partial charge in [0.05, 0.1) is 18.9 Å². The number of halogens is 3. The van der Waals surface area contributed by atoms with Crippen LogP contribution in [0.1, 0.15) is 37.2 Å². The molecule has 1 saturated carbocycles. The van der Waals surface area contributed by atoms with Crippen LogP contribution in [-0.4, -0.2) is 80.1 Å². The summed E-state index contributed by atoms with van der Waals surface area (Å²) in [5, 5.41) is 20.2. The maximum Gasteiger partial charge on any atom is 0.303 e. The average molecular weight is 644 g/mol. The van der Waals surface area contributed by atoms with E-state index < -0.39 is 63.0 Å². The first-order valence-electron chi connectivity index (χ1n) is 12.3. The number of carbonyl (C=O) groups is 5. The Morgan fingerprint density at radius 3 is 2.49 bits per heavy atom. The Hall–Kier alpha value is -2.63. The number of carboxylic acid groups (broad SMARTS) is 1. The zero-order chi connectivity index (χ0) is 28.6. The van der Waals surface area contributed by atoms with E-state index in [-0.39, 0.29) is 49.3 Å². The number of benzene rings is 1. The normalized spacial score (nSPS) is 33.6. The Bertz CT molecular complexity index is 1370. The quantitative estimate of drug-likeness (QED) is 0.274. The van der Waals surface area contributed by atoms with Crippen LogP contribution in [0.5, 0.6) is 11.5 Å². The number of imide groups is 2. The molecule has 2 saturated heterocycles. The molecule has 13 heteroatoms. The highest BCUT2D eigenvalue weighted by Gasteiger charge is 2.76. The van der Waals surface area contributed by atoms with Crippen LogP contribution in [-0.2, 0) is 24.0 Å². The van der Waals surface area contributed by atoms with Gasteiger partial charge in [-0.15, -0.1) is 23.2 Å². The Kier molecular flexibility index (Phi) is 6.79. The number of amides is 4. The number of ether oxygens (including phenoxy) is 1. The number of phenolic OH excluding ortho intramolecular Hbond substituents is 1. The number of hydrogen-bond acceptors (Lipinski definition) is 7. The van der Waals surface area contributed by atoms with Gasteiger partial charge in [0.25, 0.3) is 11.8 Å². The van der Waals surface area contributed by atoms with Gasteiger partial charge in [0.1, 0.15) is 0 Å². The van der Waals surface area contributed by atoms with Gasteiger partial charge in [-0.05, 0) is 37.3 Å². The molecule has 4 aliphatic rings. The van der Waals surface area contributed by atoms with Gasteiger partial charge < -0.3 is 14.9 Å². The minimum atomic E-state index is -2.04. The number of aromatic hydroxyl groups is 1. The second-order valence-electron chi connectivity index (χ2n) is 10.4. The van der Waals surface area contributed by atoms with E-state index in [0.29, 0.717) is 10.0 Å². The van der Waals surface area contributed by atoms with E-state index in [2.05, 4.69) is 15.9 Å². The number of carboxylic acids is 1. The van der Waals surface area contributed by atoms with Gasteiger partial charge in [0.15, 0.2) is 21.2 Å². The van der Waals surface area contributed by atoms with Crippen LogP contribution < -0.4 is 4.74 Å². The van der Waals surface area contributed by atoms with Crippen LogP contribution in [0.15, 0.2) is 28.3 Å². The van der Waals surface area contributed by atoms with Crippen molar-refractivity contribution in [1.82, 2.24) is 9.80 Å². The second-order valence-corrected chi connectivity index (χ2v) is 12.5. The van der Waals surface area contributed by atoms with E-state index in [1.165, 1.54) is 20.2 Å². The Morgan fingerprint density at radius 2 is 1.85 bits per heavy atom. The number of phenols is 1. The molecule has 3 fully saturated rings. The van der Waals surface area contributed by atoms with Crippen LogP contribution in [0.2, 0.25) is 0 Å². The van der Waals surface area contributed by atoms with Gasteiger partial charge in [0.2, 0.25) is 11.8 Å². The Labute approximate surface area is 242 Å². The number of rotatable bonds is 6. The van der Waals surface area contributed by atoms with Crippen molar-refractivity contribution in [1.29, 1.82) is 0 Å². The first-order chi connectivity index (χ1) is 18.3. The highest BCUT2D eigenvalue weighted by atomic mass is 79.9. The number of likely N-dealkylation sites (tertiary alicyclic amines) is 2. The summed E-state index contributed by atoms with van der Waals surface area (Å²) in [6.07, 6.45) is 1.65. The fraction of sp³-hybridized carbons (Fsp3) is 0.500. The molecule has 0 bridgehead atoms. The van der Waals surface area contributed by atoms with Gasteiger partial charge in [-0.25, -0.2) is 0 Å². The van der Waals surface area contributed by atoms with Crippen molar-refractivity contribution in [2.75, 3.05) is 20.7 Å². The average Bonchev–Trinajstić information content (AvgIpc) is 3.20. The number of hydrogen-bond donors (Lipinski definition) is 2. The topological polar surface area (TPSA) is 142 Å². The number of aliphatic carboxylic acids is 1. The van der Waals surface area contributed by atoms with E-state index in [4.69, 9.17) is 33.0 Å². The molecule has 1 aromatic carbocycles. The fourth-order valence-electron chi connectivity index (χ4n) is 6.73. The molecule has 2 heterocycles. The van der Waals surface area contributed by atoms with E-state index >= 15 is 0 Å². The Morgan fingerprint density at radius 1 is 1.15 bits per heavy atom. The molecule has 1 aromatic rings. The van der Waals surface area contributed by atoms with Crippen LogP contribution in [0.3, 0.4) is 0 Å². The second kappa shape index (κ2) is 9.49. The largest absolute Gasteiger partial charge is 0.504 e. The van der Waals surface area contributed by atoms with Crippen molar-refractivity contribution < 1.29 is 38.9 Å². The molecule has 2 N–H and O–H groups in total. The molecule has 0 spiro atoms. The summed E-state index contributed by atoms with van der Waals surface area (Å²) in [4.78, 5) is 62.9. The van der Waals surface area contributed by atoms with E-state index in [9.17, 15) is 29.1 Å². The summed E-state index contributed by atoms with van der Waals surface area (Å²) < 4.78 is 5.82. The number of nitrogens with zero attached hydrogens (tertiary/aromatic N) is 2. The fourth-order valence-corrected chi connectivity index (χ4v) is 8.20. The molecule has 39 heavy (non-hydrogen) atoms. The molecule has 2 aliphatic carbocycles. The van der Waals surface area contributed by atoms with Gasteiger partial charge in [-0.3, -0.25) is 33.8 Å². The van der Waals surface area contributed by atoms with Crippen molar-refractivity contribution in [3.8, 4) is 11.5 Å². The maximum atomic E-state index is 13.6. The molecule has 4 amide bonds. The third-order valence-electron chi connectivity index (χ3n) is 8.48. The smallest absolute Gasteiger partial charge is 0.303 e. The SMILES string of the molecule is COc1cc(Br)cc([C@H]2C3=CC[C@@H]4C(=O)N(CCCC(=O)O)C(=O)[C@@H]4[C@@H]3C[C@@]3(Cl)C(=O)N(C)C(=O)[C@@]23Cl)c1O. The lowest BCUT2D eigenvalue weighted by molar-refractivity contribution is -0.142. The van der Waals surface area contributed by atoms with Crippen molar-refractivity contribution in [2.24, 2.45) is 17.8 Å².